The smallest absolute Gasteiger partial charge is 0.146 e. The minimum absolute atomic E-state index is 0.0683. The maximum absolute atomic E-state index is 5.61. The van der Waals surface area contributed by atoms with Crippen molar-refractivity contribution in [2.24, 2.45) is 5.73 Å². The van der Waals surface area contributed by atoms with Gasteiger partial charge in [0.05, 0.1) is 0 Å². The number of nitrogens with two attached hydrogens (primary N) is 1. The van der Waals surface area contributed by atoms with Crippen molar-refractivity contribution < 1.29 is 0 Å². The Labute approximate surface area is 57.4 Å². The molecule has 0 aliphatic carbocycles. The topological polar surface area (TPSA) is 53.3 Å². The molecule has 0 spiro atoms. The van der Waals surface area contributed by atoms with Crippen LogP contribution in [0.3, 0.4) is 0 Å². The summed E-state index contributed by atoms with van der Waals surface area (Å²) in [5, 5.41) is 2.03. The normalized spacial score (nSPS) is 39.9. The monoisotopic (exact) mass is 144 g/mol. The highest BCUT2D eigenvalue weighted by atomic mass is 32.2. The number of fused-ring (bicyclic) bond motifs is 1. The number of nitrogens with zero attached hydrogens (tertiary/aromatic N) is 1. The molecule has 1 saturated heterocycles. The van der Waals surface area contributed by atoms with Crippen LogP contribution in [0.25, 0.3) is 0 Å². The molecule has 0 radical (unpaired) electrons. The van der Waals surface area contributed by atoms with E-state index in [1.807, 2.05) is 16.5 Å². The Balaban J connectivity index is 2.15. The molecule has 2 heterocycles. The first-order chi connectivity index (χ1) is 4.38. The molecule has 0 bridgehead atoms. The van der Waals surface area contributed by atoms with E-state index in [9.17, 15) is 0 Å². The third-order valence-corrected chi connectivity index (χ3v) is 2.29. The van der Waals surface area contributed by atoms with Crippen LogP contribution in [-0.4, -0.2) is 16.7 Å². The summed E-state index contributed by atoms with van der Waals surface area (Å²) in [6, 6.07) is 0. The van der Waals surface area contributed by atoms with E-state index in [1.54, 1.807) is 11.8 Å². The number of hydrogen-bond acceptors (Lipinski definition) is 5. The van der Waals surface area contributed by atoms with E-state index in [-0.39, 0.29) is 6.29 Å². The average molecular weight is 144 g/mol. The lowest BCUT2D eigenvalue weighted by atomic mass is 10.7. The fourth-order valence-corrected chi connectivity index (χ4v) is 1.74. The molecule has 5 heteroatoms. The van der Waals surface area contributed by atoms with Gasteiger partial charge in [0, 0.05) is 6.20 Å². The molecule has 2 aliphatic heterocycles. The van der Waals surface area contributed by atoms with Crippen molar-refractivity contribution >= 4 is 11.8 Å². The Bertz CT molecular complexity index is 148. The second-order valence-corrected chi connectivity index (χ2v) is 2.95. The van der Waals surface area contributed by atoms with Crippen LogP contribution in [0, 0.1) is 0 Å². The molecule has 0 amide bonds. The molecule has 2 aliphatic rings. The zero-order valence-electron chi connectivity index (χ0n) is 4.74. The van der Waals surface area contributed by atoms with Crippen molar-refractivity contribution in [1.29, 1.82) is 0 Å². The SMILES string of the molecule is NC1NNC2SC=CN12. The molecule has 0 saturated carbocycles. The minimum atomic E-state index is -0.0683. The van der Waals surface area contributed by atoms with E-state index in [0.717, 1.165) is 0 Å². The Morgan fingerprint density at radius 2 is 2.44 bits per heavy atom. The summed E-state index contributed by atoms with van der Waals surface area (Å²) >= 11 is 1.71. The first kappa shape index (κ1) is 5.55. The number of nitrogens with one attached hydrogen (secondary N) is 2. The zero-order chi connectivity index (χ0) is 6.27. The van der Waals surface area contributed by atoms with Crippen molar-refractivity contribution in [3.63, 3.8) is 0 Å². The lowest BCUT2D eigenvalue weighted by Gasteiger charge is -2.16. The van der Waals surface area contributed by atoms with Gasteiger partial charge >= 0.3 is 0 Å². The molecule has 4 nitrogen and oxygen atoms in total. The van der Waals surface area contributed by atoms with E-state index in [1.165, 1.54) is 0 Å². The van der Waals surface area contributed by atoms with Gasteiger partial charge in [0.1, 0.15) is 11.8 Å². The highest BCUT2D eigenvalue weighted by Gasteiger charge is 2.30. The summed E-state index contributed by atoms with van der Waals surface area (Å²) < 4.78 is 0. The third kappa shape index (κ3) is 0.734. The number of hydrazine groups is 1. The number of rotatable bonds is 0. The zero-order valence-corrected chi connectivity index (χ0v) is 5.56. The van der Waals surface area contributed by atoms with E-state index in [0.29, 0.717) is 5.50 Å². The number of hydrogen-bond donors (Lipinski definition) is 3. The van der Waals surface area contributed by atoms with Gasteiger partial charge in [0.25, 0.3) is 0 Å². The second kappa shape index (κ2) is 1.88. The molecular weight excluding hydrogens is 136 g/mol. The standard InChI is InChI=1S/C4H8N4S/c5-3-6-7-4-8(3)1-2-9-4/h1-4,6-7H,5H2. The summed E-state index contributed by atoms with van der Waals surface area (Å²) in [6.07, 6.45) is 1.91. The molecule has 2 unspecified atom stereocenters. The van der Waals surface area contributed by atoms with E-state index >= 15 is 0 Å². The van der Waals surface area contributed by atoms with Gasteiger partial charge in [-0.3, -0.25) is 5.73 Å². The van der Waals surface area contributed by atoms with Crippen molar-refractivity contribution in [2.45, 2.75) is 11.8 Å². The molecule has 9 heavy (non-hydrogen) atoms. The van der Waals surface area contributed by atoms with Crippen LogP contribution in [-0.2, 0) is 0 Å². The van der Waals surface area contributed by atoms with Crippen LogP contribution in [0.5, 0.6) is 0 Å². The largest absolute Gasteiger partial charge is 0.323 e. The summed E-state index contributed by atoms with van der Waals surface area (Å²) in [7, 11) is 0. The minimum Gasteiger partial charge on any atom is -0.323 e. The summed E-state index contributed by atoms with van der Waals surface area (Å²) in [5.41, 5.74) is 11.8. The molecule has 2 rings (SSSR count). The fourth-order valence-electron chi connectivity index (χ4n) is 0.907. The predicted molar refractivity (Wildman–Crippen MR) is 36.6 cm³/mol. The third-order valence-electron chi connectivity index (χ3n) is 1.39. The van der Waals surface area contributed by atoms with Gasteiger partial charge in [0.2, 0.25) is 0 Å². The van der Waals surface area contributed by atoms with Gasteiger partial charge in [-0.25, -0.2) is 10.9 Å². The lowest BCUT2D eigenvalue weighted by Crippen LogP contribution is -2.42. The summed E-state index contributed by atoms with van der Waals surface area (Å²) in [5.74, 6) is 0. The molecule has 50 valence electrons. The molecule has 2 atom stereocenters. The Kier molecular flexibility index (Phi) is 1.16. The Morgan fingerprint density at radius 3 is 3.22 bits per heavy atom. The van der Waals surface area contributed by atoms with Crippen LogP contribution in [0.2, 0.25) is 0 Å². The van der Waals surface area contributed by atoms with E-state index in [2.05, 4.69) is 10.9 Å². The van der Waals surface area contributed by atoms with Crippen LogP contribution < -0.4 is 16.6 Å². The molecule has 0 aromatic heterocycles. The molecule has 4 N–H and O–H groups in total. The van der Waals surface area contributed by atoms with Crippen molar-refractivity contribution in [3.8, 4) is 0 Å². The average Bonchev–Trinajstić information content (AvgIpc) is 2.35. The summed E-state index contributed by atoms with van der Waals surface area (Å²) in [4.78, 5) is 2.02. The lowest BCUT2D eigenvalue weighted by molar-refractivity contribution is 0.329. The van der Waals surface area contributed by atoms with Crippen molar-refractivity contribution in [3.05, 3.63) is 11.6 Å². The van der Waals surface area contributed by atoms with E-state index < -0.39 is 0 Å². The van der Waals surface area contributed by atoms with Gasteiger partial charge in [-0.15, -0.1) is 0 Å². The number of thioether (sulfide) groups is 1. The van der Waals surface area contributed by atoms with Gasteiger partial charge in [0.15, 0.2) is 0 Å². The Morgan fingerprint density at radius 1 is 1.56 bits per heavy atom. The van der Waals surface area contributed by atoms with Gasteiger partial charge in [-0.05, 0) is 5.41 Å². The van der Waals surface area contributed by atoms with Gasteiger partial charge in [-0.1, -0.05) is 11.8 Å². The van der Waals surface area contributed by atoms with Crippen LogP contribution >= 0.6 is 11.8 Å². The molecule has 1 fully saturated rings. The first-order valence-corrected chi connectivity index (χ1v) is 3.68. The van der Waals surface area contributed by atoms with Crippen molar-refractivity contribution in [2.75, 3.05) is 0 Å². The molecule has 0 aromatic rings. The second-order valence-electron chi connectivity index (χ2n) is 1.95. The van der Waals surface area contributed by atoms with Gasteiger partial charge < -0.3 is 4.90 Å². The maximum atomic E-state index is 5.61. The fraction of sp³-hybridized carbons (Fsp3) is 0.500. The van der Waals surface area contributed by atoms with Crippen LogP contribution in [0.1, 0.15) is 0 Å². The quantitative estimate of drug-likeness (QED) is 0.413. The first-order valence-electron chi connectivity index (χ1n) is 2.74. The van der Waals surface area contributed by atoms with Crippen LogP contribution in [0.15, 0.2) is 11.6 Å². The van der Waals surface area contributed by atoms with Crippen LogP contribution in [0.4, 0.5) is 0 Å². The maximum Gasteiger partial charge on any atom is 0.146 e. The molecular formula is C4H8N4S. The predicted octanol–water partition coefficient (Wildman–Crippen LogP) is -0.860. The van der Waals surface area contributed by atoms with Gasteiger partial charge in [-0.2, -0.15) is 0 Å². The summed E-state index contributed by atoms with van der Waals surface area (Å²) in [6.45, 7) is 0. The highest BCUT2D eigenvalue weighted by molar-refractivity contribution is 8.02. The molecule has 0 aromatic carbocycles. The Hall–Kier alpha value is -0.230. The van der Waals surface area contributed by atoms with E-state index in [4.69, 9.17) is 5.73 Å². The van der Waals surface area contributed by atoms with Crippen molar-refractivity contribution in [1.82, 2.24) is 15.8 Å². The highest BCUT2D eigenvalue weighted by Crippen LogP contribution is 2.24.